The number of rotatable bonds is 1. The lowest BCUT2D eigenvalue weighted by Crippen LogP contribution is -2.01. The van der Waals surface area contributed by atoms with Crippen LogP contribution < -0.4 is 0 Å². The van der Waals surface area contributed by atoms with Gasteiger partial charge in [-0.05, 0) is 38.3 Å². The van der Waals surface area contributed by atoms with Crippen molar-refractivity contribution in [1.82, 2.24) is 4.98 Å². The van der Waals surface area contributed by atoms with Crippen LogP contribution in [-0.4, -0.2) is 4.98 Å². The van der Waals surface area contributed by atoms with Crippen LogP contribution in [0.3, 0.4) is 0 Å². The topological polar surface area (TPSA) is 36.7 Å². The van der Waals surface area contributed by atoms with Gasteiger partial charge >= 0.3 is 0 Å². The first-order valence-corrected chi connectivity index (χ1v) is 4.48. The van der Waals surface area contributed by atoms with Gasteiger partial charge in [0.05, 0.1) is 11.3 Å². The molecular weight excluding hydrogens is 160 g/mol. The molecule has 0 unspecified atom stereocenters. The van der Waals surface area contributed by atoms with E-state index in [0.29, 0.717) is 0 Å². The molecule has 68 valence electrons. The molecule has 0 amide bonds. The molecule has 0 bridgehead atoms. The summed E-state index contributed by atoms with van der Waals surface area (Å²) in [4.78, 5) is 4.35. The fraction of sp³-hybridized carbons (Fsp3) is 0.455. The lowest BCUT2D eigenvalue weighted by Gasteiger charge is -2.10. The number of nitrogens with zero attached hydrogens (tertiary/aromatic N) is 2. The molecular formula is C11H14N2. The summed E-state index contributed by atoms with van der Waals surface area (Å²) < 4.78 is 0. The Balaban J connectivity index is 3.51. The second kappa shape index (κ2) is 3.57. The first-order chi connectivity index (χ1) is 6.11. The zero-order valence-electron chi connectivity index (χ0n) is 8.60. The van der Waals surface area contributed by atoms with Crippen molar-refractivity contribution in [2.24, 2.45) is 0 Å². The number of aryl methyl sites for hydroxylation is 2. The summed E-state index contributed by atoms with van der Waals surface area (Å²) in [6.07, 6.45) is 0.944. The van der Waals surface area contributed by atoms with E-state index in [2.05, 4.69) is 18.0 Å². The van der Waals surface area contributed by atoms with Crippen molar-refractivity contribution >= 4 is 0 Å². The van der Waals surface area contributed by atoms with E-state index in [1.54, 1.807) is 0 Å². The van der Waals surface area contributed by atoms with Crippen molar-refractivity contribution < 1.29 is 0 Å². The van der Waals surface area contributed by atoms with Crippen LogP contribution in [0.4, 0.5) is 0 Å². The van der Waals surface area contributed by atoms with E-state index in [9.17, 15) is 0 Å². The van der Waals surface area contributed by atoms with Gasteiger partial charge in [-0.2, -0.15) is 5.26 Å². The fourth-order valence-electron chi connectivity index (χ4n) is 1.75. The summed E-state index contributed by atoms with van der Waals surface area (Å²) in [6.45, 7) is 7.98. The number of hydrogen-bond acceptors (Lipinski definition) is 2. The normalized spacial score (nSPS) is 9.77. The van der Waals surface area contributed by atoms with E-state index >= 15 is 0 Å². The van der Waals surface area contributed by atoms with Crippen molar-refractivity contribution in [3.8, 4) is 6.07 Å². The number of nitriles is 1. The van der Waals surface area contributed by atoms with E-state index in [1.165, 1.54) is 5.56 Å². The van der Waals surface area contributed by atoms with Crippen molar-refractivity contribution in [1.29, 1.82) is 5.26 Å². The van der Waals surface area contributed by atoms with Crippen molar-refractivity contribution in [2.75, 3.05) is 0 Å². The number of pyridine rings is 1. The smallest absolute Gasteiger partial charge is 0.101 e. The van der Waals surface area contributed by atoms with Gasteiger partial charge in [0.2, 0.25) is 0 Å². The molecule has 0 saturated carbocycles. The standard InChI is InChI=1S/C11H14N2/c1-5-10-7(2)11(6-12)9(4)13-8(10)3/h5H2,1-4H3. The quantitative estimate of drug-likeness (QED) is 0.655. The van der Waals surface area contributed by atoms with Gasteiger partial charge in [-0.15, -0.1) is 0 Å². The number of hydrogen-bond donors (Lipinski definition) is 0. The predicted molar refractivity (Wildman–Crippen MR) is 52.5 cm³/mol. The lowest BCUT2D eigenvalue weighted by atomic mass is 9.99. The summed E-state index contributed by atoms with van der Waals surface area (Å²) in [7, 11) is 0. The summed E-state index contributed by atoms with van der Waals surface area (Å²) in [5.41, 5.74) is 4.94. The van der Waals surface area contributed by atoms with Gasteiger partial charge in [-0.3, -0.25) is 4.98 Å². The Morgan fingerprint density at radius 2 is 1.85 bits per heavy atom. The third-order valence-corrected chi connectivity index (χ3v) is 2.43. The molecule has 2 nitrogen and oxygen atoms in total. The maximum Gasteiger partial charge on any atom is 0.101 e. The summed E-state index contributed by atoms with van der Waals surface area (Å²) in [5, 5.41) is 8.92. The van der Waals surface area contributed by atoms with Crippen molar-refractivity contribution in [3.63, 3.8) is 0 Å². The van der Waals surface area contributed by atoms with Crippen molar-refractivity contribution in [2.45, 2.75) is 34.1 Å². The predicted octanol–water partition coefficient (Wildman–Crippen LogP) is 2.44. The van der Waals surface area contributed by atoms with Gasteiger partial charge in [0.1, 0.15) is 6.07 Å². The maximum absolute atomic E-state index is 8.92. The van der Waals surface area contributed by atoms with E-state index in [1.807, 2.05) is 20.8 Å². The molecule has 0 aliphatic heterocycles. The van der Waals surface area contributed by atoms with E-state index < -0.39 is 0 Å². The van der Waals surface area contributed by atoms with Gasteiger partial charge in [-0.25, -0.2) is 0 Å². The molecule has 1 rings (SSSR count). The van der Waals surface area contributed by atoms with Gasteiger partial charge in [0.15, 0.2) is 0 Å². The molecule has 0 atom stereocenters. The Bertz CT molecular complexity index is 373. The molecule has 13 heavy (non-hydrogen) atoms. The zero-order chi connectivity index (χ0) is 10.0. The summed E-state index contributed by atoms with van der Waals surface area (Å²) in [5.74, 6) is 0. The SMILES string of the molecule is CCc1c(C)nc(C)c(C#N)c1C. The Morgan fingerprint density at radius 3 is 2.31 bits per heavy atom. The fourth-order valence-corrected chi connectivity index (χ4v) is 1.75. The highest BCUT2D eigenvalue weighted by atomic mass is 14.7. The average molecular weight is 174 g/mol. The van der Waals surface area contributed by atoms with E-state index in [4.69, 9.17) is 5.26 Å². The second-order valence-corrected chi connectivity index (χ2v) is 3.23. The van der Waals surface area contributed by atoms with Gasteiger partial charge < -0.3 is 0 Å². The highest BCUT2D eigenvalue weighted by molar-refractivity contribution is 5.46. The van der Waals surface area contributed by atoms with Crippen LogP contribution in [-0.2, 0) is 6.42 Å². The summed E-state index contributed by atoms with van der Waals surface area (Å²) >= 11 is 0. The van der Waals surface area contributed by atoms with E-state index in [0.717, 1.165) is 28.9 Å². The van der Waals surface area contributed by atoms with Crippen LogP contribution in [0.25, 0.3) is 0 Å². The summed E-state index contributed by atoms with van der Waals surface area (Å²) in [6, 6.07) is 2.20. The highest BCUT2D eigenvalue weighted by Crippen LogP contribution is 2.18. The first kappa shape index (κ1) is 9.73. The zero-order valence-corrected chi connectivity index (χ0v) is 8.60. The largest absolute Gasteiger partial charge is 0.257 e. The third kappa shape index (κ3) is 1.55. The molecule has 0 N–H and O–H groups in total. The molecule has 2 heteroatoms. The molecule has 0 saturated heterocycles. The Morgan fingerprint density at radius 1 is 1.23 bits per heavy atom. The first-order valence-electron chi connectivity index (χ1n) is 4.48. The van der Waals surface area contributed by atoms with E-state index in [-0.39, 0.29) is 0 Å². The van der Waals surface area contributed by atoms with Gasteiger partial charge in [0.25, 0.3) is 0 Å². The molecule has 1 aromatic heterocycles. The second-order valence-electron chi connectivity index (χ2n) is 3.23. The van der Waals surface area contributed by atoms with Crippen LogP contribution in [0, 0.1) is 32.1 Å². The number of aromatic nitrogens is 1. The molecule has 0 aromatic carbocycles. The molecule has 0 spiro atoms. The molecule has 1 heterocycles. The van der Waals surface area contributed by atoms with Gasteiger partial charge in [0, 0.05) is 5.69 Å². The Labute approximate surface area is 79.2 Å². The average Bonchev–Trinajstić information content (AvgIpc) is 2.04. The van der Waals surface area contributed by atoms with Crippen LogP contribution in [0.2, 0.25) is 0 Å². The van der Waals surface area contributed by atoms with Crippen LogP contribution >= 0.6 is 0 Å². The lowest BCUT2D eigenvalue weighted by molar-refractivity contribution is 0.988. The van der Waals surface area contributed by atoms with Crippen LogP contribution in [0.1, 0.15) is 35.0 Å². The van der Waals surface area contributed by atoms with Gasteiger partial charge in [-0.1, -0.05) is 6.92 Å². The maximum atomic E-state index is 8.92. The third-order valence-electron chi connectivity index (χ3n) is 2.43. The Hall–Kier alpha value is -1.36. The molecule has 1 aromatic rings. The highest BCUT2D eigenvalue weighted by Gasteiger charge is 2.09. The minimum absolute atomic E-state index is 0.738. The minimum Gasteiger partial charge on any atom is -0.257 e. The monoisotopic (exact) mass is 174 g/mol. The Kier molecular flexibility index (Phi) is 2.67. The van der Waals surface area contributed by atoms with Crippen LogP contribution in [0.15, 0.2) is 0 Å². The molecule has 0 aliphatic carbocycles. The molecule has 0 fully saturated rings. The molecule has 0 radical (unpaired) electrons. The van der Waals surface area contributed by atoms with Crippen molar-refractivity contribution in [3.05, 3.63) is 28.1 Å². The minimum atomic E-state index is 0.738. The van der Waals surface area contributed by atoms with Crippen LogP contribution in [0.5, 0.6) is 0 Å². The molecule has 0 aliphatic rings.